The van der Waals surface area contributed by atoms with E-state index in [1.165, 1.54) is 4.57 Å². The normalized spacial score (nSPS) is 11.7. The van der Waals surface area contributed by atoms with Crippen molar-refractivity contribution in [2.24, 2.45) is 18.1 Å². The Morgan fingerprint density at radius 1 is 1.31 bits per heavy atom. The first kappa shape index (κ1) is 18.1. The van der Waals surface area contributed by atoms with Crippen LogP contribution in [0.1, 0.15) is 19.4 Å². The summed E-state index contributed by atoms with van der Waals surface area (Å²) in [6, 6.07) is 7.68. The second-order valence-corrected chi connectivity index (χ2v) is 7.27. The number of nitrogens with one attached hydrogen (secondary N) is 2. The summed E-state index contributed by atoms with van der Waals surface area (Å²) < 4.78 is 4.05. The number of hydrazone groups is 1. The van der Waals surface area contributed by atoms with Gasteiger partial charge >= 0.3 is 5.69 Å². The van der Waals surface area contributed by atoms with Crippen LogP contribution in [0, 0.1) is 5.92 Å². The number of hydrogen-bond donors (Lipinski definition) is 2. The van der Waals surface area contributed by atoms with Gasteiger partial charge in [-0.2, -0.15) is 10.1 Å². The van der Waals surface area contributed by atoms with Crippen molar-refractivity contribution in [3.63, 3.8) is 0 Å². The highest BCUT2D eigenvalue weighted by Crippen LogP contribution is 2.17. The van der Waals surface area contributed by atoms with Gasteiger partial charge in [-0.15, -0.1) is 0 Å². The van der Waals surface area contributed by atoms with Gasteiger partial charge in [-0.3, -0.25) is 14.3 Å². The van der Waals surface area contributed by atoms with E-state index < -0.39 is 11.2 Å². The number of fused-ring (bicyclic) bond motifs is 1. The van der Waals surface area contributed by atoms with E-state index in [9.17, 15) is 9.59 Å². The molecular weight excluding hydrogens is 400 g/mol. The molecule has 3 aromatic rings. The molecule has 0 unspecified atom stereocenters. The number of benzene rings is 1. The molecule has 0 aliphatic carbocycles. The number of aryl methyl sites for hydroxylation is 1. The lowest BCUT2D eigenvalue weighted by molar-refractivity contribution is 0.535. The smallest absolute Gasteiger partial charge is 0.303 e. The number of H-pyrrole nitrogens is 1. The third-order valence-corrected chi connectivity index (χ3v) is 4.33. The zero-order valence-corrected chi connectivity index (χ0v) is 16.2. The molecule has 136 valence electrons. The Labute approximate surface area is 157 Å². The highest BCUT2D eigenvalue weighted by Gasteiger charge is 2.17. The Morgan fingerprint density at radius 2 is 2.00 bits per heavy atom. The molecule has 26 heavy (non-hydrogen) atoms. The fourth-order valence-corrected chi connectivity index (χ4v) is 2.84. The molecule has 2 N–H and O–H groups in total. The maximum absolute atomic E-state index is 12.3. The number of aromatic nitrogens is 4. The molecule has 2 aromatic heterocycles. The molecular formula is C17H19BrN6O2. The van der Waals surface area contributed by atoms with Crippen molar-refractivity contribution in [1.29, 1.82) is 0 Å². The summed E-state index contributed by atoms with van der Waals surface area (Å²) in [6.45, 7) is 4.64. The van der Waals surface area contributed by atoms with Crippen LogP contribution in [0.25, 0.3) is 11.2 Å². The Bertz CT molecular complexity index is 1080. The number of rotatable bonds is 5. The predicted octanol–water partition coefficient (Wildman–Crippen LogP) is 2.29. The summed E-state index contributed by atoms with van der Waals surface area (Å²) in [5, 5.41) is 4.21. The molecule has 2 heterocycles. The minimum Gasteiger partial charge on any atom is -0.303 e. The lowest BCUT2D eigenvalue weighted by Gasteiger charge is -2.10. The number of hydrogen-bond acceptors (Lipinski definition) is 5. The lowest BCUT2D eigenvalue weighted by atomic mass is 10.2. The van der Waals surface area contributed by atoms with E-state index in [0.717, 1.165) is 10.0 Å². The van der Waals surface area contributed by atoms with Crippen molar-refractivity contribution in [1.82, 2.24) is 19.1 Å². The van der Waals surface area contributed by atoms with Gasteiger partial charge in [0.05, 0.1) is 6.21 Å². The van der Waals surface area contributed by atoms with Crippen LogP contribution in [0.15, 0.2) is 43.4 Å². The number of imidazole rings is 1. The highest BCUT2D eigenvalue weighted by molar-refractivity contribution is 9.10. The van der Waals surface area contributed by atoms with Gasteiger partial charge in [-0.05, 0) is 23.6 Å². The van der Waals surface area contributed by atoms with E-state index in [-0.39, 0.29) is 5.92 Å². The van der Waals surface area contributed by atoms with E-state index in [2.05, 4.69) is 36.4 Å². The summed E-state index contributed by atoms with van der Waals surface area (Å²) in [4.78, 5) is 30.8. The molecule has 0 atom stereocenters. The highest BCUT2D eigenvalue weighted by atomic mass is 79.9. The van der Waals surface area contributed by atoms with Gasteiger partial charge in [0.2, 0.25) is 5.95 Å². The fraction of sp³-hybridized carbons (Fsp3) is 0.294. The summed E-state index contributed by atoms with van der Waals surface area (Å²) >= 11 is 3.39. The first-order valence-corrected chi connectivity index (χ1v) is 8.90. The van der Waals surface area contributed by atoms with Crippen LogP contribution < -0.4 is 16.7 Å². The predicted molar refractivity (Wildman–Crippen MR) is 106 cm³/mol. The number of anilines is 1. The third kappa shape index (κ3) is 3.62. The van der Waals surface area contributed by atoms with Crippen molar-refractivity contribution in [2.45, 2.75) is 20.4 Å². The standard InChI is InChI=1S/C17H19BrN6O2/c1-10(2)9-24-13-14(23(3)17(26)21-15(13)25)20-16(24)22-19-8-11-4-6-12(18)7-5-11/h4-8,10H,9H2,1-3H3,(H,20,22)(H,21,25,26)/b19-8+. The van der Waals surface area contributed by atoms with Crippen LogP contribution in [-0.4, -0.2) is 25.3 Å². The van der Waals surface area contributed by atoms with Crippen LogP contribution in [0.5, 0.6) is 0 Å². The van der Waals surface area contributed by atoms with E-state index in [1.54, 1.807) is 17.8 Å². The van der Waals surface area contributed by atoms with Gasteiger partial charge < -0.3 is 4.57 Å². The summed E-state index contributed by atoms with van der Waals surface area (Å²) in [6.07, 6.45) is 1.66. The van der Waals surface area contributed by atoms with Gasteiger partial charge in [0, 0.05) is 18.1 Å². The minimum absolute atomic E-state index is 0.278. The molecule has 3 rings (SSSR count). The minimum atomic E-state index is -0.499. The van der Waals surface area contributed by atoms with Crippen LogP contribution in [0.2, 0.25) is 0 Å². The summed E-state index contributed by atoms with van der Waals surface area (Å²) in [5.74, 6) is 0.689. The first-order chi connectivity index (χ1) is 12.4. The van der Waals surface area contributed by atoms with E-state index in [1.807, 2.05) is 38.1 Å². The summed E-state index contributed by atoms with van der Waals surface area (Å²) in [7, 11) is 1.57. The number of halogens is 1. The molecule has 8 nitrogen and oxygen atoms in total. The molecule has 0 amide bonds. The van der Waals surface area contributed by atoms with Crippen molar-refractivity contribution in [2.75, 3.05) is 5.43 Å². The van der Waals surface area contributed by atoms with Crippen molar-refractivity contribution in [3.05, 3.63) is 55.1 Å². The maximum atomic E-state index is 12.3. The van der Waals surface area contributed by atoms with E-state index in [4.69, 9.17) is 0 Å². The lowest BCUT2D eigenvalue weighted by Crippen LogP contribution is -2.29. The summed E-state index contributed by atoms with van der Waals surface area (Å²) in [5.41, 5.74) is 3.51. The Balaban J connectivity index is 2.02. The average molecular weight is 419 g/mol. The van der Waals surface area contributed by atoms with Crippen LogP contribution >= 0.6 is 15.9 Å². The van der Waals surface area contributed by atoms with Gasteiger partial charge in [0.1, 0.15) is 0 Å². The first-order valence-electron chi connectivity index (χ1n) is 8.11. The molecule has 0 fully saturated rings. The van der Waals surface area contributed by atoms with E-state index >= 15 is 0 Å². The third-order valence-electron chi connectivity index (χ3n) is 3.80. The zero-order chi connectivity index (χ0) is 18.8. The quantitative estimate of drug-likeness (QED) is 0.490. The van der Waals surface area contributed by atoms with Crippen LogP contribution in [-0.2, 0) is 13.6 Å². The fourth-order valence-electron chi connectivity index (χ4n) is 2.58. The SMILES string of the molecule is CC(C)Cn1c(N/N=C/c2ccc(Br)cc2)nc2c1c(=O)[nH]c(=O)n2C. The zero-order valence-electron chi connectivity index (χ0n) is 14.7. The van der Waals surface area contributed by atoms with Crippen LogP contribution in [0.3, 0.4) is 0 Å². The monoisotopic (exact) mass is 418 g/mol. The Kier molecular flexibility index (Phi) is 5.08. The van der Waals surface area contributed by atoms with Crippen molar-refractivity contribution in [3.8, 4) is 0 Å². The van der Waals surface area contributed by atoms with Crippen molar-refractivity contribution >= 4 is 39.3 Å². The number of nitrogens with zero attached hydrogens (tertiary/aromatic N) is 4. The van der Waals surface area contributed by atoms with Gasteiger partial charge in [0.25, 0.3) is 5.56 Å². The molecule has 0 spiro atoms. The molecule has 0 saturated heterocycles. The molecule has 0 radical (unpaired) electrons. The Morgan fingerprint density at radius 3 is 2.65 bits per heavy atom. The largest absolute Gasteiger partial charge is 0.329 e. The average Bonchev–Trinajstić information content (AvgIpc) is 2.93. The molecule has 0 aliphatic heterocycles. The van der Waals surface area contributed by atoms with Crippen molar-refractivity contribution < 1.29 is 0 Å². The van der Waals surface area contributed by atoms with E-state index in [0.29, 0.717) is 23.7 Å². The molecule has 0 bridgehead atoms. The topological polar surface area (TPSA) is 97.1 Å². The number of aromatic amines is 1. The second-order valence-electron chi connectivity index (χ2n) is 6.35. The molecule has 0 saturated carbocycles. The molecule has 1 aromatic carbocycles. The van der Waals surface area contributed by atoms with Gasteiger partial charge in [-0.1, -0.05) is 41.9 Å². The molecule has 0 aliphatic rings. The molecule has 9 heteroatoms. The van der Waals surface area contributed by atoms with Gasteiger partial charge in [0.15, 0.2) is 11.2 Å². The Hall–Kier alpha value is -2.68. The second kappa shape index (κ2) is 7.28. The van der Waals surface area contributed by atoms with Crippen LogP contribution in [0.4, 0.5) is 5.95 Å². The van der Waals surface area contributed by atoms with Gasteiger partial charge in [-0.25, -0.2) is 10.2 Å². The maximum Gasteiger partial charge on any atom is 0.329 e.